The normalized spacial score (nSPS) is 10.5. The first-order chi connectivity index (χ1) is 14.7. The van der Waals surface area contributed by atoms with Gasteiger partial charge in [0.15, 0.2) is 0 Å². The van der Waals surface area contributed by atoms with Crippen LogP contribution >= 0.6 is 11.6 Å². The third kappa shape index (κ3) is 8.69. The molecule has 0 heterocycles. The Hall–Kier alpha value is -3.05. The molecule has 3 aromatic rings. The highest BCUT2D eigenvalue weighted by atomic mass is 35.5. The molecular weight excluding hydrogens is 434 g/mol. The zero-order valence-corrected chi connectivity index (χ0v) is 18.6. The lowest BCUT2D eigenvalue weighted by atomic mass is 10.1. The fourth-order valence-electron chi connectivity index (χ4n) is 2.75. The van der Waals surface area contributed by atoms with Gasteiger partial charge in [-0.05, 0) is 48.4 Å². The molecule has 0 aliphatic heterocycles. The second-order valence-corrected chi connectivity index (χ2v) is 8.86. The molecule has 162 valence electrons. The minimum Gasteiger partial charge on any atom is -0.398 e. The van der Waals surface area contributed by atoms with E-state index in [0.29, 0.717) is 22.8 Å². The molecule has 6 nitrogen and oxygen atoms in total. The molecule has 0 atom stereocenters. The summed E-state index contributed by atoms with van der Waals surface area (Å²) in [5.41, 5.74) is 9.58. The number of rotatable bonds is 6. The molecule has 3 rings (SSSR count). The van der Waals surface area contributed by atoms with Crippen molar-refractivity contribution in [1.29, 1.82) is 5.26 Å². The van der Waals surface area contributed by atoms with E-state index in [4.69, 9.17) is 27.1 Å². The fraction of sp³-hybridized carbons (Fsp3) is 0.174. The zero-order chi connectivity index (χ0) is 22.9. The number of nitrogens with zero attached hydrogens (tertiary/aromatic N) is 2. The van der Waals surface area contributed by atoms with E-state index in [0.717, 1.165) is 16.8 Å². The summed E-state index contributed by atoms with van der Waals surface area (Å²) in [5, 5.41) is 8.83. The quantitative estimate of drug-likeness (QED) is 0.411. The van der Waals surface area contributed by atoms with Gasteiger partial charge in [-0.25, -0.2) is 0 Å². The van der Waals surface area contributed by atoms with Gasteiger partial charge in [0.25, 0.3) is 10.1 Å². The Balaban J connectivity index is 0.000000285. The van der Waals surface area contributed by atoms with Crippen LogP contribution < -0.4 is 10.6 Å². The van der Waals surface area contributed by atoms with Gasteiger partial charge < -0.3 is 10.6 Å². The molecule has 0 aromatic heterocycles. The van der Waals surface area contributed by atoms with Gasteiger partial charge in [0.05, 0.1) is 28.1 Å². The van der Waals surface area contributed by atoms with Crippen LogP contribution in [0.2, 0.25) is 5.02 Å². The van der Waals surface area contributed by atoms with Gasteiger partial charge in [-0.1, -0.05) is 54.1 Å². The van der Waals surface area contributed by atoms with E-state index in [9.17, 15) is 8.42 Å². The van der Waals surface area contributed by atoms with Crippen LogP contribution in [0.3, 0.4) is 0 Å². The van der Waals surface area contributed by atoms with Crippen LogP contribution in [-0.2, 0) is 16.7 Å². The predicted molar refractivity (Wildman–Crippen MR) is 126 cm³/mol. The van der Waals surface area contributed by atoms with Crippen molar-refractivity contribution in [3.63, 3.8) is 0 Å². The molecule has 0 unspecified atom stereocenters. The van der Waals surface area contributed by atoms with Crippen molar-refractivity contribution in [2.45, 2.75) is 13.5 Å². The fourth-order valence-corrected chi connectivity index (χ4v) is 3.38. The Kier molecular flexibility index (Phi) is 8.88. The van der Waals surface area contributed by atoms with Crippen molar-refractivity contribution in [1.82, 2.24) is 0 Å². The first-order valence-electron chi connectivity index (χ1n) is 9.44. The summed E-state index contributed by atoms with van der Waals surface area (Å²) in [7, 11) is -3.97. The topological polar surface area (TPSA) is 107 Å². The molecule has 0 fully saturated rings. The number of anilines is 2. The lowest BCUT2D eigenvalue weighted by molar-refractivity contribution is 0.482. The standard InChI is InChI=1S/C16H19NO3S.C7H5ClN2/c1-14-6-5-9-16(12-14)17(10-11-21(18,19)20)13-15-7-3-2-4-8-15;8-6-3-5(4-9)1-2-7(6)10/h2-9,12H,10-11,13H2,1H3,(H,18,19,20);1-3H,10H2. The Morgan fingerprint density at radius 2 is 1.77 bits per heavy atom. The molecule has 3 N–H and O–H groups in total. The number of halogens is 1. The van der Waals surface area contributed by atoms with E-state index in [2.05, 4.69) is 0 Å². The highest BCUT2D eigenvalue weighted by Gasteiger charge is 2.12. The Labute approximate surface area is 188 Å². The van der Waals surface area contributed by atoms with Crippen LogP contribution in [0, 0.1) is 18.3 Å². The molecule has 3 aromatic carbocycles. The van der Waals surface area contributed by atoms with E-state index in [1.165, 1.54) is 6.07 Å². The van der Waals surface area contributed by atoms with E-state index in [1.54, 1.807) is 12.1 Å². The number of nitriles is 1. The Morgan fingerprint density at radius 3 is 2.35 bits per heavy atom. The summed E-state index contributed by atoms with van der Waals surface area (Å²) in [4.78, 5) is 1.95. The average molecular weight is 458 g/mol. The summed E-state index contributed by atoms with van der Waals surface area (Å²) in [6.45, 7) is 2.84. The number of hydrogen-bond donors (Lipinski definition) is 2. The maximum Gasteiger partial charge on any atom is 0.266 e. The zero-order valence-electron chi connectivity index (χ0n) is 17.1. The number of benzene rings is 3. The van der Waals surface area contributed by atoms with Gasteiger partial charge in [-0.2, -0.15) is 13.7 Å². The first kappa shape index (κ1) is 24.2. The van der Waals surface area contributed by atoms with Crippen LogP contribution in [0.1, 0.15) is 16.7 Å². The van der Waals surface area contributed by atoms with Gasteiger partial charge in [-0.15, -0.1) is 0 Å². The molecule has 31 heavy (non-hydrogen) atoms. The van der Waals surface area contributed by atoms with Gasteiger partial charge in [-0.3, -0.25) is 4.55 Å². The molecule has 0 saturated heterocycles. The maximum atomic E-state index is 11.0. The van der Waals surface area contributed by atoms with Gasteiger partial charge >= 0.3 is 0 Å². The number of hydrogen-bond acceptors (Lipinski definition) is 5. The summed E-state index contributed by atoms with van der Waals surface area (Å²) >= 11 is 5.62. The molecule has 0 bridgehead atoms. The second-order valence-electron chi connectivity index (χ2n) is 6.88. The molecule has 0 spiro atoms. The van der Waals surface area contributed by atoms with Crippen LogP contribution in [0.5, 0.6) is 0 Å². The van der Waals surface area contributed by atoms with E-state index in [-0.39, 0.29) is 12.3 Å². The molecule has 0 radical (unpaired) electrons. The Morgan fingerprint density at radius 1 is 1.06 bits per heavy atom. The van der Waals surface area contributed by atoms with E-state index < -0.39 is 10.1 Å². The van der Waals surface area contributed by atoms with Crippen molar-refractivity contribution in [3.8, 4) is 6.07 Å². The van der Waals surface area contributed by atoms with E-state index in [1.807, 2.05) is 72.5 Å². The van der Waals surface area contributed by atoms with Crippen molar-refractivity contribution < 1.29 is 13.0 Å². The molecule has 0 aliphatic rings. The SMILES string of the molecule is Cc1cccc(N(CCS(=O)(=O)O)Cc2ccccc2)c1.N#Cc1ccc(N)c(Cl)c1. The van der Waals surface area contributed by atoms with Crippen LogP contribution in [0.25, 0.3) is 0 Å². The van der Waals surface area contributed by atoms with Crippen LogP contribution in [0.4, 0.5) is 11.4 Å². The highest BCUT2D eigenvalue weighted by Crippen LogP contribution is 2.19. The lowest BCUT2D eigenvalue weighted by Gasteiger charge is -2.25. The second kappa shape index (κ2) is 11.4. The van der Waals surface area contributed by atoms with Crippen molar-refractivity contribution in [3.05, 3.63) is 94.5 Å². The van der Waals surface area contributed by atoms with Crippen molar-refractivity contribution in [2.75, 3.05) is 22.9 Å². The average Bonchev–Trinajstić information content (AvgIpc) is 2.73. The minimum atomic E-state index is -3.97. The van der Waals surface area contributed by atoms with E-state index >= 15 is 0 Å². The van der Waals surface area contributed by atoms with Crippen molar-refractivity contribution >= 4 is 33.1 Å². The lowest BCUT2D eigenvalue weighted by Crippen LogP contribution is -2.28. The van der Waals surface area contributed by atoms with Gasteiger partial charge in [0.1, 0.15) is 0 Å². The molecule has 0 amide bonds. The van der Waals surface area contributed by atoms with Crippen LogP contribution in [0.15, 0.2) is 72.8 Å². The smallest absolute Gasteiger partial charge is 0.266 e. The number of aryl methyl sites for hydroxylation is 1. The largest absolute Gasteiger partial charge is 0.398 e. The van der Waals surface area contributed by atoms with Gasteiger partial charge in [0.2, 0.25) is 0 Å². The minimum absolute atomic E-state index is 0.247. The third-order valence-corrected chi connectivity index (χ3v) is 5.36. The molecule has 0 aliphatic carbocycles. The highest BCUT2D eigenvalue weighted by molar-refractivity contribution is 7.85. The summed E-state index contributed by atoms with van der Waals surface area (Å²) < 4.78 is 31.0. The predicted octanol–water partition coefficient (Wildman–Crippen LogP) is 4.68. The van der Waals surface area contributed by atoms with Gasteiger partial charge in [0, 0.05) is 18.8 Å². The molecular formula is C23H24ClN3O3S. The first-order valence-corrected chi connectivity index (χ1v) is 11.4. The maximum absolute atomic E-state index is 11.0. The number of nitrogen functional groups attached to an aromatic ring is 1. The molecule has 0 saturated carbocycles. The Bertz CT molecular complexity index is 1150. The summed E-state index contributed by atoms with van der Waals surface area (Å²) in [5.74, 6) is -0.284. The summed E-state index contributed by atoms with van der Waals surface area (Å²) in [6.07, 6.45) is 0. The summed E-state index contributed by atoms with van der Waals surface area (Å²) in [6, 6.07) is 24.5. The van der Waals surface area contributed by atoms with Crippen molar-refractivity contribution in [2.24, 2.45) is 0 Å². The number of nitrogens with two attached hydrogens (primary N) is 1. The third-order valence-electron chi connectivity index (χ3n) is 4.33. The molecule has 8 heteroatoms. The van der Waals surface area contributed by atoms with Crippen LogP contribution in [-0.4, -0.2) is 25.3 Å². The monoisotopic (exact) mass is 457 g/mol.